The van der Waals surface area contributed by atoms with Crippen LogP contribution in [-0.2, 0) is 18.4 Å². The van der Waals surface area contributed by atoms with E-state index in [1.807, 2.05) is 0 Å². The Bertz CT molecular complexity index is 479. The molecule has 0 saturated heterocycles. The van der Waals surface area contributed by atoms with Gasteiger partial charge in [0, 0.05) is 13.0 Å². The lowest BCUT2D eigenvalue weighted by Gasteiger charge is -2.14. The molecule has 0 aromatic carbocycles. The quantitative estimate of drug-likeness (QED) is 0.115. The standard InChI is InChI=1S/C23H48NO7P/c1-2-3-4-5-6-7-8-9-10-11-12-13-14-15-16-17-23(27)24-18-19-30-32(28,29)31-21-22(26)20-25/h22,25-26H,2-21H2,1H3,(H,24,27)(H,28,29)/t22-/m1/s1. The third-order valence-corrected chi connectivity index (χ3v) is 6.31. The van der Waals surface area contributed by atoms with Crippen LogP contribution < -0.4 is 5.32 Å². The van der Waals surface area contributed by atoms with E-state index in [2.05, 4.69) is 21.3 Å². The number of rotatable bonds is 24. The molecule has 0 aromatic rings. The molecule has 0 heterocycles. The van der Waals surface area contributed by atoms with Gasteiger partial charge in [0.2, 0.25) is 5.91 Å². The lowest BCUT2D eigenvalue weighted by atomic mass is 10.0. The van der Waals surface area contributed by atoms with Crippen LogP contribution in [0.2, 0.25) is 0 Å². The predicted octanol–water partition coefficient (Wildman–Crippen LogP) is 4.85. The molecule has 1 unspecified atom stereocenters. The Morgan fingerprint density at radius 2 is 1.31 bits per heavy atom. The Hall–Kier alpha value is -0.500. The smallest absolute Gasteiger partial charge is 0.394 e. The molecule has 0 saturated carbocycles. The topological polar surface area (TPSA) is 125 Å². The van der Waals surface area contributed by atoms with E-state index in [9.17, 15) is 14.3 Å². The number of phosphoric ester groups is 1. The summed E-state index contributed by atoms with van der Waals surface area (Å²) in [4.78, 5) is 21.1. The summed E-state index contributed by atoms with van der Waals surface area (Å²) >= 11 is 0. The van der Waals surface area contributed by atoms with Gasteiger partial charge >= 0.3 is 7.82 Å². The van der Waals surface area contributed by atoms with Crippen LogP contribution in [0.1, 0.15) is 110 Å². The monoisotopic (exact) mass is 481 g/mol. The molecule has 0 rings (SSSR count). The van der Waals surface area contributed by atoms with E-state index < -0.39 is 27.1 Å². The first-order chi connectivity index (χ1) is 15.4. The van der Waals surface area contributed by atoms with Crippen LogP contribution in [-0.4, -0.2) is 53.5 Å². The van der Waals surface area contributed by atoms with Crippen LogP contribution in [0.4, 0.5) is 0 Å². The van der Waals surface area contributed by atoms with Crippen molar-refractivity contribution in [1.82, 2.24) is 5.32 Å². The average Bonchev–Trinajstić information content (AvgIpc) is 2.77. The van der Waals surface area contributed by atoms with Crippen molar-refractivity contribution in [2.24, 2.45) is 0 Å². The van der Waals surface area contributed by atoms with Crippen LogP contribution in [0.5, 0.6) is 0 Å². The second kappa shape index (κ2) is 22.3. The summed E-state index contributed by atoms with van der Waals surface area (Å²) in [6.07, 6.45) is 18.4. The molecule has 2 atom stereocenters. The summed E-state index contributed by atoms with van der Waals surface area (Å²) in [6, 6.07) is 0. The maximum absolute atomic E-state index is 11.8. The molecule has 4 N–H and O–H groups in total. The zero-order chi connectivity index (χ0) is 23.9. The first-order valence-corrected chi connectivity index (χ1v) is 14.1. The normalized spacial score (nSPS) is 14.2. The minimum Gasteiger partial charge on any atom is -0.394 e. The number of aliphatic hydroxyl groups is 2. The molecule has 0 radical (unpaired) electrons. The van der Waals surface area contributed by atoms with Crippen molar-refractivity contribution in [3.05, 3.63) is 0 Å². The number of phosphoric acid groups is 1. The van der Waals surface area contributed by atoms with Crippen molar-refractivity contribution in [1.29, 1.82) is 0 Å². The number of carbonyl (C=O) groups excluding carboxylic acids is 1. The van der Waals surface area contributed by atoms with Gasteiger partial charge in [-0.15, -0.1) is 0 Å². The molecular weight excluding hydrogens is 433 g/mol. The summed E-state index contributed by atoms with van der Waals surface area (Å²) in [5.74, 6) is -0.104. The number of amides is 1. The van der Waals surface area contributed by atoms with E-state index in [-0.39, 0.29) is 19.1 Å². The summed E-state index contributed by atoms with van der Waals surface area (Å²) in [7, 11) is -4.30. The van der Waals surface area contributed by atoms with Crippen molar-refractivity contribution >= 4 is 13.7 Å². The van der Waals surface area contributed by atoms with E-state index >= 15 is 0 Å². The Labute approximate surface area is 195 Å². The highest BCUT2D eigenvalue weighted by atomic mass is 31.2. The second-order valence-corrected chi connectivity index (χ2v) is 9.94. The highest BCUT2D eigenvalue weighted by Gasteiger charge is 2.22. The zero-order valence-electron chi connectivity index (χ0n) is 20.1. The number of carbonyl (C=O) groups is 1. The molecule has 1 amide bonds. The van der Waals surface area contributed by atoms with Gasteiger partial charge in [0.25, 0.3) is 0 Å². The summed E-state index contributed by atoms with van der Waals surface area (Å²) < 4.78 is 20.7. The molecule has 0 aliphatic rings. The number of aliphatic hydroxyl groups excluding tert-OH is 2. The van der Waals surface area contributed by atoms with Gasteiger partial charge in [-0.3, -0.25) is 13.8 Å². The zero-order valence-corrected chi connectivity index (χ0v) is 21.0. The molecule has 0 aliphatic heterocycles. The maximum Gasteiger partial charge on any atom is 0.472 e. The summed E-state index contributed by atoms with van der Waals surface area (Å²) in [5.41, 5.74) is 0. The van der Waals surface area contributed by atoms with Crippen molar-refractivity contribution in [3.8, 4) is 0 Å². The van der Waals surface area contributed by atoms with E-state index in [1.54, 1.807) is 0 Å². The minimum atomic E-state index is -4.30. The maximum atomic E-state index is 11.8. The molecule has 0 aliphatic carbocycles. The Morgan fingerprint density at radius 3 is 1.78 bits per heavy atom. The third kappa shape index (κ3) is 22.7. The van der Waals surface area contributed by atoms with Gasteiger partial charge in [-0.2, -0.15) is 0 Å². The highest BCUT2D eigenvalue weighted by molar-refractivity contribution is 7.47. The van der Waals surface area contributed by atoms with E-state index in [4.69, 9.17) is 10.2 Å². The molecule has 192 valence electrons. The highest BCUT2D eigenvalue weighted by Crippen LogP contribution is 2.42. The van der Waals surface area contributed by atoms with Crippen LogP contribution in [0.25, 0.3) is 0 Å². The van der Waals surface area contributed by atoms with Gasteiger partial charge in [-0.05, 0) is 6.42 Å². The van der Waals surface area contributed by atoms with Crippen LogP contribution in [0.3, 0.4) is 0 Å². The fraction of sp³-hybridized carbons (Fsp3) is 0.957. The molecule has 0 spiro atoms. The number of hydrogen-bond acceptors (Lipinski definition) is 6. The van der Waals surface area contributed by atoms with E-state index in [0.717, 1.165) is 19.3 Å². The Kier molecular flexibility index (Phi) is 22.0. The van der Waals surface area contributed by atoms with Crippen molar-refractivity contribution < 1.29 is 33.5 Å². The van der Waals surface area contributed by atoms with Gasteiger partial charge in [0.1, 0.15) is 6.10 Å². The van der Waals surface area contributed by atoms with E-state index in [0.29, 0.717) is 6.42 Å². The number of nitrogens with one attached hydrogen (secondary N) is 1. The number of hydrogen-bond donors (Lipinski definition) is 4. The minimum absolute atomic E-state index is 0.104. The molecule has 0 aromatic heterocycles. The largest absolute Gasteiger partial charge is 0.472 e. The van der Waals surface area contributed by atoms with Crippen molar-refractivity contribution in [2.75, 3.05) is 26.4 Å². The predicted molar refractivity (Wildman–Crippen MR) is 127 cm³/mol. The van der Waals surface area contributed by atoms with Crippen molar-refractivity contribution in [2.45, 2.75) is 116 Å². The van der Waals surface area contributed by atoms with E-state index in [1.165, 1.54) is 77.0 Å². The second-order valence-electron chi connectivity index (χ2n) is 8.48. The molecule has 8 nitrogen and oxygen atoms in total. The van der Waals surface area contributed by atoms with Crippen LogP contribution in [0, 0.1) is 0 Å². The summed E-state index contributed by atoms with van der Waals surface area (Å²) in [6.45, 7) is 1.11. The molecule has 0 fully saturated rings. The van der Waals surface area contributed by atoms with Crippen LogP contribution in [0.15, 0.2) is 0 Å². The molecule has 9 heteroatoms. The van der Waals surface area contributed by atoms with Crippen LogP contribution >= 0.6 is 7.82 Å². The Balaban J connectivity index is 3.37. The van der Waals surface area contributed by atoms with Gasteiger partial charge in [0.15, 0.2) is 0 Å². The first kappa shape index (κ1) is 31.5. The number of unbranched alkanes of at least 4 members (excludes halogenated alkanes) is 14. The van der Waals surface area contributed by atoms with Gasteiger partial charge in [-0.25, -0.2) is 4.57 Å². The van der Waals surface area contributed by atoms with Gasteiger partial charge < -0.3 is 20.4 Å². The summed E-state index contributed by atoms with van der Waals surface area (Å²) in [5, 5.41) is 20.3. The van der Waals surface area contributed by atoms with Gasteiger partial charge in [-0.1, -0.05) is 96.8 Å². The fourth-order valence-corrected chi connectivity index (χ4v) is 4.12. The van der Waals surface area contributed by atoms with Gasteiger partial charge in [0.05, 0.1) is 19.8 Å². The fourth-order valence-electron chi connectivity index (χ4n) is 3.37. The molecular formula is C23H48NO7P. The first-order valence-electron chi connectivity index (χ1n) is 12.6. The molecule has 32 heavy (non-hydrogen) atoms. The lowest BCUT2D eigenvalue weighted by Crippen LogP contribution is -2.27. The average molecular weight is 482 g/mol. The van der Waals surface area contributed by atoms with Crippen molar-refractivity contribution in [3.63, 3.8) is 0 Å². The lowest BCUT2D eigenvalue weighted by molar-refractivity contribution is -0.121. The molecule has 0 bridgehead atoms. The SMILES string of the molecule is CCCCCCCCCCCCCCCCCC(=O)NCCOP(=O)(O)OC[C@H](O)CO. The third-order valence-electron chi connectivity index (χ3n) is 5.33. The Morgan fingerprint density at radius 1 is 0.844 bits per heavy atom.